The van der Waals surface area contributed by atoms with Crippen molar-refractivity contribution in [2.45, 2.75) is 25.4 Å². The monoisotopic (exact) mass is 433 g/mol. The Bertz CT molecular complexity index is 852. The molecule has 0 unspecified atom stereocenters. The molecule has 2 amide bonds. The Hall–Kier alpha value is -2.08. The number of nitrogens with zero attached hydrogens (tertiary/aromatic N) is 2. The highest BCUT2D eigenvalue weighted by molar-refractivity contribution is 6.42. The van der Waals surface area contributed by atoms with Gasteiger partial charge in [0.15, 0.2) is 0 Å². The number of halogens is 2. The molecule has 1 N–H and O–H groups in total. The Labute approximate surface area is 181 Å². The summed E-state index contributed by atoms with van der Waals surface area (Å²) in [5.41, 5.74) is 1.62. The van der Waals surface area contributed by atoms with Crippen molar-refractivity contribution in [2.24, 2.45) is 0 Å². The smallest absolute Gasteiger partial charge is 0.251 e. The van der Waals surface area contributed by atoms with Crippen LogP contribution in [0.5, 0.6) is 0 Å². The predicted octanol–water partition coefficient (Wildman–Crippen LogP) is 3.85. The number of rotatable bonds is 6. The molecule has 1 saturated heterocycles. The van der Waals surface area contributed by atoms with Crippen LogP contribution in [0.15, 0.2) is 48.5 Å². The first-order valence-electron chi connectivity index (χ1n) is 9.68. The maximum absolute atomic E-state index is 12.6. The van der Waals surface area contributed by atoms with Crippen LogP contribution in [-0.2, 0) is 11.3 Å². The van der Waals surface area contributed by atoms with E-state index in [4.69, 9.17) is 23.2 Å². The van der Waals surface area contributed by atoms with Gasteiger partial charge in [-0.25, -0.2) is 0 Å². The van der Waals surface area contributed by atoms with Crippen LogP contribution in [0.1, 0.15) is 28.8 Å². The molecule has 0 aromatic heterocycles. The molecule has 1 fully saturated rings. The van der Waals surface area contributed by atoms with Crippen molar-refractivity contribution in [1.29, 1.82) is 0 Å². The molecule has 2 aromatic carbocycles. The number of amides is 2. The molecule has 0 bridgehead atoms. The minimum absolute atomic E-state index is 0.0403. The van der Waals surface area contributed by atoms with Crippen LogP contribution >= 0.6 is 23.2 Å². The van der Waals surface area contributed by atoms with Gasteiger partial charge in [0.05, 0.1) is 16.6 Å². The predicted molar refractivity (Wildman–Crippen MR) is 116 cm³/mol. The molecule has 7 heteroatoms. The fourth-order valence-electron chi connectivity index (χ4n) is 3.41. The summed E-state index contributed by atoms with van der Waals surface area (Å²) >= 11 is 12.0. The van der Waals surface area contributed by atoms with E-state index >= 15 is 0 Å². The van der Waals surface area contributed by atoms with Gasteiger partial charge in [-0.3, -0.25) is 14.5 Å². The number of piperidine rings is 1. The summed E-state index contributed by atoms with van der Waals surface area (Å²) in [7, 11) is 1.79. The average Bonchev–Trinajstić information content (AvgIpc) is 2.72. The Morgan fingerprint density at radius 1 is 1.07 bits per heavy atom. The van der Waals surface area contributed by atoms with Crippen molar-refractivity contribution in [3.05, 3.63) is 69.7 Å². The number of hydrogen-bond donors (Lipinski definition) is 1. The lowest BCUT2D eigenvalue weighted by atomic mass is 10.0. The van der Waals surface area contributed by atoms with Crippen molar-refractivity contribution < 1.29 is 9.59 Å². The van der Waals surface area contributed by atoms with Gasteiger partial charge in [0.2, 0.25) is 5.91 Å². The first-order valence-corrected chi connectivity index (χ1v) is 10.4. The second-order valence-electron chi connectivity index (χ2n) is 7.39. The van der Waals surface area contributed by atoms with E-state index in [1.807, 2.05) is 36.4 Å². The summed E-state index contributed by atoms with van der Waals surface area (Å²) in [4.78, 5) is 28.7. The second-order valence-corrected chi connectivity index (χ2v) is 8.20. The van der Waals surface area contributed by atoms with E-state index in [0.717, 1.165) is 31.5 Å². The molecule has 0 spiro atoms. The van der Waals surface area contributed by atoms with Crippen molar-refractivity contribution in [3.63, 3.8) is 0 Å². The summed E-state index contributed by atoms with van der Waals surface area (Å²) < 4.78 is 0. The molecule has 1 aliphatic rings. The first kappa shape index (κ1) is 21.6. The maximum atomic E-state index is 12.6. The molecule has 1 aliphatic heterocycles. The summed E-state index contributed by atoms with van der Waals surface area (Å²) in [5, 5.41) is 4.09. The molecule has 29 heavy (non-hydrogen) atoms. The Morgan fingerprint density at radius 2 is 1.76 bits per heavy atom. The highest BCUT2D eigenvalue weighted by atomic mass is 35.5. The number of nitrogens with one attached hydrogen (secondary N) is 1. The standard InChI is InChI=1S/C22H25Cl2N3O2/c1-26(14-16-7-8-19(23)20(24)13-16)21(28)15-27-11-9-18(10-12-27)25-22(29)17-5-3-2-4-6-17/h2-8,13,18H,9-12,14-15H2,1H3,(H,25,29). The van der Waals surface area contributed by atoms with Crippen LogP contribution in [0, 0.1) is 0 Å². The Kier molecular flexibility index (Phi) is 7.53. The van der Waals surface area contributed by atoms with Crippen LogP contribution in [0.3, 0.4) is 0 Å². The Morgan fingerprint density at radius 3 is 2.41 bits per heavy atom. The molecule has 154 valence electrons. The van der Waals surface area contributed by atoms with E-state index in [0.29, 0.717) is 28.7 Å². The number of hydrogen-bond acceptors (Lipinski definition) is 3. The molecule has 1 heterocycles. The zero-order valence-electron chi connectivity index (χ0n) is 16.4. The van der Waals surface area contributed by atoms with Crippen LogP contribution in [0.4, 0.5) is 0 Å². The highest BCUT2D eigenvalue weighted by Crippen LogP contribution is 2.23. The normalized spacial score (nSPS) is 15.1. The third kappa shape index (κ3) is 6.20. The Balaban J connectivity index is 1.43. The third-order valence-corrected chi connectivity index (χ3v) is 5.89. The minimum atomic E-state index is -0.0403. The topological polar surface area (TPSA) is 52.7 Å². The zero-order chi connectivity index (χ0) is 20.8. The fourth-order valence-corrected chi connectivity index (χ4v) is 3.73. The number of carbonyl (C=O) groups is 2. The van der Waals surface area contributed by atoms with Crippen LogP contribution in [0.2, 0.25) is 10.0 Å². The lowest BCUT2D eigenvalue weighted by Gasteiger charge is -2.32. The molecular weight excluding hydrogens is 409 g/mol. The third-order valence-electron chi connectivity index (χ3n) is 5.15. The first-order chi connectivity index (χ1) is 13.9. The van der Waals surface area contributed by atoms with Crippen LogP contribution in [-0.4, -0.2) is 54.3 Å². The van der Waals surface area contributed by atoms with Gasteiger partial charge < -0.3 is 10.2 Å². The zero-order valence-corrected chi connectivity index (χ0v) is 17.9. The minimum Gasteiger partial charge on any atom is -0.349 e. The van der Waals surface area contributed by atoms with E-state index in [-0.39, 0.29) is 17.9 Å². The van der Waals surface area contributed by atoms with E-state index in [9.17, 15) is 9.59 Å². The van der Waals surface area contributed by atoms with E-state index in [1.165, 1.54) is 0 Å². The fraction of sp³-hybridized carbons (Fsp3) is 0.364. The summed E-state index contributed by atoms with van der Waals surface area (Å²) in [6, 6.07) is 14.8. The van der Waals surface area contributed by atoms with E-state index < -0.39 is 0 Å². The van der Waals surface area contributed by atoms with Crippen molar-refractivity contribution in [1.82, 2.24) is 15.1 Å². The summed E-state index contributed by atoms with van der Waals surface area (Å²) in [6.45, 7) is 2.43. The summed E-state index contributed by atoms with van der Waals surface area (Å²) in [6.07, 6.45) is 1.67. The van der Waals surface area contributed by atoms with Crippen molar-refractivity contribution >= 4 is 35.0 Å². The highest BCUT2D eigenvalue weighted by Gasteiger charge is 2.23. The van der Waals surface area contributed by atoms with Gasteiger partial charge in [0, 0.05) is 38.3 Å². The lowest BCUT2D eigenvalue weighted by Crippen LogP contribution is -2.47. The molecule has 0 aliphatic carbocycles. The molecule has 3 rings (SSSR count). The van der Waals surface area contributed by atoms with Crippen LogP contribution < -0.4 is 5.32 Å². The van der Waals surface area contributed by atoms with Gasteiger partial charge in [-0.05, 0) is 42.7 Å². The molecule has 0 atom stereocenters. The van der Waals surface area contributed by atoms with Crippen molar-refractivity contribution in [2.75, 3.05) is 26.7 Å². The quantitative estimate of drug-likeness (QED) is 0.752. The van der Waals surface area contributed by atoms with Gasteiger partial charge in [0.25, 0.3) is 5.91 Å². The lowest BCUT2D eigenvalue weighted by molar-refractivity contribution is -0.131. The van der Waals surface area contributed by atoms with Crippen molar-refractivity contribution in [3.8, 4) is 0 Å². The number of carbonyl (C=O) groups excluding carboxylic acids is 2. The number of likely N-dealkylation sites (tertiary alicyclic amines) is 1. The molecular formula is C22H25Cl2N3O2. The number of likely N-dealkylation sites (N-methyl/N-ethyl adjacent to an activating group) is 1. The second kappa shape index (κ2) is 10.1. The van der Waals surface area contributed by atoms with Gasteiger partial charge >= 0.3 is 0 Å². The SMILES string of the molecule is CN(Cc1ccc(Cl)c(Cl)c1)C(=O)CN1CCC(NC(=O)c2ccccc2)CC1. The molecule has 5 nitrogen and oxygen atoms in total. The summed E-state index contributed by atoms with van der Waals surface area (Å²) in [5.74, 6) is 0.0179. The van der Waals surface area contributed by atoms with Gasteiger partial charge in [-0.1, -0.05) is 47.5 Å². The maximum Gasteiger partial charge on any atom is 0.251 e. The van der Waals surface area contributed by atoms with Gasteiger partial charge in [0.1, 0.15) is 0 Å². The molecule has 2 aromatic rings. The van der Waals surface area contributed by atoms with E-state index in [2.05, 4.69) is 10.2 Å². The van der Waals surface area contributed by atoms with E-state index in [1.54, 1.807) is 24.1 Å². The largest absolute Gasteiger partial charge is 0.349 e. The van der Waals surface area contributed by atoms with Gasteiger partial charge in [-0.2, -0.15) is 0 Å². The molecule has 0 radical (unpaired) electrons. The van der Waals surface area contributed by atoms with Crippen LogP contribution in [0.25, 0.3) is 0 Å². The molecule has 0 saturated carbocycles. The number of benzene rings is 2. The average molecular weight is 434 g/mol. The van der Waals surface area contributed by atoms with Gasteiger partial charge in [-0.15, -0.1) is 0 Å².